The van der Waals surface area contributed by atoms with E-state index in [1.807, 2.05) is 55.0 Å². The van der Waals surface area contributed by atoms with Crippen molar-refractivity contribution in [1.29, 1.82) is 0 Å². The van der Waals surface area contributed by atoms with E-state index in [0.717, 1.165) is 49.8 Å². The third-order valence-electron chi connectivity index (χ3n) is 5.37. The maximum Gasteiger partial charge on any atom is 0.0894 e. The van der Waals surface area contributed by atoms with E-state index in [9.17, 15) is 0 Å². The van der Waals surface area contributed by atoms with Crippen molar-refractivity contribution in [1.82, 2.24) is 19.9 Å². The molecule has 0 radical (unpaired) electrons. The molecule has 30 heavy (non-hydrogen) atoms. The van der Waals surface area contributed by atoms with Crippen LogP contribution in [0.3, 0.4) is 0 Å². The molecule has 3 aromatic carbocycles. The third kappa shape index (κ3) is 2.86. The number of hydrogen-bond donors (Lipinski definition) is 0. The van der Waals surface area contributed by atoms with Crippen LogP contribution in [0.5, 0.6) is 0 Å². The molecule has 140 valence electrons. The SMILES string of the molecule is c1ccc2nc(-c3ccc4nc(-c5ccc6ccncc6c5)ccc4c3)cnc2c1. The van der Waals surface area contributed by atoms with Crippen molar-refractivity contribution in [2.24, 2.45) is 0 Å². The minimum Gasteiger partial charge on any atom is -0.264 e. The summed E-state index contributed by atoms with van der Waals surface area (Å²) in [5, 5.41) is 3.37. The molecular formula is C26H16N4. The maximum absolute atomic E-state index is 4.88. The molecule has 6 aromatic rings. The van der Waals surface area contributed by atoms with Gasteiger partial charge in [-0.2, -0.15) is 0 Å². The largest absolute Gasteiger partial charge is 0.264 e. The molecule has 0 amide bonds. The van der Waals surface area contributed by atoms with Gasteiger partial charge in [0.25, 0.3) is 0 Å². The molecule has 0 aliphatic carbocycles. The van der Waals surface area contributed by atoms with Gasteiger partial charge in [0, 0.05) is 34.3 Å². The first-order chi connectivity index (χ1) is 14.8. The molecule has 4 heteroatoms. The van der Waals surface area contributed by atoms with Gasteiger partial charge in [-0.3, -0.25) is 9.97 Å². The lowest BCUT2D eigenvalue weighted by atomic mass is 10.0. The molecule has 3 heterocycles. The van der Waals surface area contributed by atoms with Crippen LogP contribution in [0.2, 0.25) is 0 Å². The summed E-state index contributed by atoms with van der Waals surface area (Å²) in [5.41, 5.74) is 6.69. The molecule has 0 aliphatic heterocycles. The minimum atomic E-state index is 0.863. The minimum absolute atomic E-state index is 0.863. The Balaban J connectivity index is 1.41. The Labute approximate surface area is 172 Å². The molecule has 0 unspecified atom stereocenters. The molecule has 0 fully saturated rings. The normalized spacial score (nSPS) is 11.3. The van der Waals surface area contributed by atoms with Gasteiger partial charge in [0.2, 0.25) is 0 Å². The Morgan fingerprint density at radius 1 is 0.500 bits per heavy atom. The van der Waals surface area contributed by atoms with Gasteiger partial charge in [-0.1, -0.05) is 36.4 Å². The molecule has 4 nitrogen and oxygen atoms in total. The first kappa shape index (κ1) is 16.7. The first-order valence-corrected chi connectivity index (χ1v) is 9.81. The summed E-state index contributed by atoms with van der Waals surface area (Å²) in [7, 11) is 0. The molecule has 0 spiro atoms. The number of para-hydroxylation sites is 2. The zero-order valence-corrected chi connectivity index (χ0v) is 16.0. The van der Waals surface area contributed by atoms with Gasteiger partial charge >= 0.3 is 0 Å². The molecule has 0 saturated heterocycles. The van der Waals surface area contributed by atoms with Crippen LogP contribution in [-0.2, 0) is 0 Å². The van der Waals surface area contributed by atoms with Gasteiger partial charge in [0.05, 0.1) is 34.1 Å². The summed E-state index contributed by atoms with van der Waals surface area (Å²) >= 11 is 0. The highest BCUT2D eigenvalue weighted by Crippen LogP contribution is 2.27. The summed E-state index contributed by atoms with van der Waals surface area (Å²) in [6.45, 7) is 0. The summed E-state index contributed by atoms with van der Waals surface area (Å²) < 4.78 is 0. The van der Waals surface area contributed by atoms with E-state index >= 15 is 0 Å². The second kappa shape index (κ2) is 6.71. The number of nitrogens with zero attached hydrogens (tertiary/aromatic N) is 4. The monoisotopic (exact) mass is 384 g/mol. The third-order valence-corrected chi connectivity index (χ3v) is 5.37. The number of fused-ring (bicyclic) bond motifs is 3. The number of aromatic nitrogens is 4. The van der Waals surface area contributed by atoms with Crippen molar-refractivity contribution < 1.29 is 0 Å². The fraction of sp³-hybridized carbons (Fsp3) is 0. The van der Waals surface area contributed by atoms with Gasteiger partial charge in [-0.15, -0.1) is 0 Å². The predicted molar refractivity (Wildman–Crippen MR) is 121 cm³/mol. The average molecular weight is 384 g/mol. The number of pyridine rings is 2. The van der Waals surface area contributed by atoms with E-state index in [1.165, 1.54) is 5.39 Å². The summed E-state index contributed by atoms with van der Waals surface area (Å²) in [6.07, 6.45) is 5.53. The highest BCUT2D eigenvalue weighted by atomic mass is 14.8. The zero-order chi connectivity index (χ0) is 19.9. The smallest absolute Gasteiger partial charge is 0.0894 e. The van der Waals surface area contributed by atoms with Crippen molar-refractivity contribution in [3.8, 4) is 22.5 Å². The van der Waals surface area contributed by atoms with E-state index in [4.69, 9.17) is 9.97 Å². The van der Waals surface area contributed by atoms with E-state index in [2.05, 4.69) is 52.4 Å². The summed E-state index contributed by atoms with van der Waals surface area (Å²) in [6, 6.07) is 26.7. The quantitative estimate of drug-likeness (QED) is 0.364. The fourth-order valence-corrected chi connectivity index (χ4v) is 3.79. The van der Waals surface area contributed by atoms with Gasteiger partial charge in [0.1, 0.15) is 0 Å². The Morgan fingerprint density at radius 2 is 1.27 bits per heavy atom. The van der Waals surface area contributed by atoms with Gasteiger partial charge < -0.3 is 0 Å². The Hall–Kier alpha value is -4.18. The van der Waals surface area contributed by atoms with Crippen LogP contribution in [0.4, 0.5) is 0 Å². The highest BCUT2D eigenvalue weighted by Gasteiger charge is 2.07. The molecule has 0 N–H and O–H groups in total. The van der Waals surface area contributed by atoms with Gasteiger partial charge in [-0.05, 0) is 47.9 Å². The second-order valence-electron chi connectivity index (χ2n) is 7.29. The predicted octanol–water partition coefficient (Wildman–Crippen LogP) is 6.06. The molecule has 6 rings (SSSR count). The number of rotatable bonds is 2. The van der Waals surface area contributed by atoms with Crippen molar-refractivity contribution >= 4 is 32.7 Å². The van der Waals surface area contributed by atoms with E-state index in [0.29, 0.717) is 0 Å². The van der Waals surface area contributed by atoms with Crippen molar-refractivity contribution in [2.75, 3.05) is 0 Å². The summed E-state index contributed by atoms with van der Waals surface area (Å²) in [4.78, 5) is 18.4. The van der Waals surface area contributed by atoms with Crippen LogP contribution in [0.1, 0.15) is 0 Å². The zero-order valence-electron chi connectivity index (χ0n) is 16.0. The van der Waals surface area contributed by atoms with E-state index < -0.39 is 0 Å². The van der Waals surface area contributed by atoms with E-state index in [1.54, 1.807) is 0 Å². The van der Waals surface area contributed by atoms with Crippen LogP contribution < -0.4 is 0 Å². The molecule has 0 saturated carbocycles. The Kier molecular flexibility index (Phi) is 3.74. The molecule has 0 bridgehead atoms. The van der Waals surface area contributed by atoms with Crippen LogP contribution >= 0.6 is 0 Å². The molecule has 0 atom stereocenters. The van der Waals surface area contributed by atoms with Crippen molar-refractivity contribution in [3.05, 3.63) is 97.5 Å². The lowest BCUT2D eigenvalue weighted by Gasteiger charge is -2.07. The molecule has 0 aliphatic rings. The van der Waals surface area contributed by atoms with Crippen LogP contribution in [-0.4, -0.2) is 19.9 Å². The van der Waals surface area contributed by atoms with Crippen molar-refractivity contribution in [2.45, 2.75) is 0 Å². The second-order valence-corrected chi connectivity index (χ2v) is 7.29. The maximum atomic E-state index is 4.88. The van der Waals surface area contributed by atoms with Crippen LogP contribution in [0.25, 0.3) is 55.2 Å². The standard InChI is InChI=1S/C26H16N4/c1-2-4-25-24(3-1)28-16-26(30-25)20-8-10-23-19(13-20)7-9-22(29-23)18-6-5-17-11-12-27-15-21(17)14-18/h1-16H. The number of hydrogen-bond acceptors (Lipinski definition) is 4. The van der Waals surface area contributed by atoms with Gasteiger partial charge in [-0.25, -0.2) is 9.97 Å². The lowest BCUT2D eigenvalue weighted by Crippen LogP contribution is -1.90. The van der Waals surface area contributed by atoms with Crippen LogP contribution in [0, 0.1) is 0 Å². The fourth-order valence-electron chi connectivity index (χ4n) is 3.79. The van der Waals surface area contributed by atoms with E-state index in [-0.39, 0.29) is 0 Å². The molecule has 3 aromatic heterocycles. The summed E-state index contributed by atoms with van der Waals surface area (Å²) in [5.74, 6) is 0. The van der Waals surface area contributed by atoms with Crippen molar-refractivity contribution in [3.63, 3.8) is 0 Å². The molecular weight excluding hydrogens is 368 g/mol. The first-order valence-electron chi connectivity index (χ1n) is 9.81. The van der Waals surface area contributed by atoms with Crippen LogP contribution in [0.15, 0.2) is 97.5 Å². The number of benzene rings is 3. The highest BCUT2D eigenvalue weighted by molar-refractivity contribution is 5.89. The van der Waals surface area contributed by atoms with Gasteiger partial charge in [0.15, 0.2) is 0 Å². The Bertz CT molecular complexity index is 1440. The average Bonchev–Trinajstić information content (AvgIpc) is 2.83. The topological polar surface area (TPSA) is 51.6 Å². The Morgan fingerprint density at radius 3 is 2.23 bits per heavy atom. The lowest BCUT2D eigenvalue weighted by molar-refractivity contribution is 1.29.